The van der Waals surface area contributed by atoms with Gasteiger partial charge in [-0.15, -0.1) is 0 Å². The number of hydrogen-bond acceptors (Lipinski definition) is 3. The monoisotopic (exact) mass is 267 g/mol. The maximum Gasteiger partial charge on any atom is 0.325 e. The van der Waals surface area contributed by atoms with E-state index in [-0.39, 0.29) is 18.0 Å². The van der Waals surface area contributed by atoms with Gasteiger partial charge in [0.05, 0.1) is 0 Å². The van der Waals surface area contributed by atoms with Gasteiger partial charge >= 0.3 is 6.03 Å². The maximum atomic E-state index is 12.7. The second-order valence-corrected chi connectivity index (χ2v) is 6.01. The Hall–Kier alpha value is -1.10. The van der Waals surface area contributed by atoms with Gasteiger partial charge in [-0.05, 0) is 51.0 Å². The van der Waals surface area contributed by atoms with Crippen molar-refractivity contribution in [2.75, 3.05) is 6.54 Å². The van der Waals surface area contributed by atoms with E-state index in [0.29, 0.717) is 18.9 Å². The van der Waals surface area contributed by atoms with E-state index < -0.39 is 5.54 Å². The van der Waals surface area contributed by atoms with Crippen LogP contribution in [0.5, 0.6) is 0 Å². The molecule has 1 saturated heterocycles. The van der Waals surface area contributed by atoms with Crippen LogP contribution in [-0.2, 0) is 4.79 Å². The molecule has 2 aliphatic rings. The van der Waals surface area contributed by atoms with Gasteiger partial charge in [0.15, 0.2) is 0 Å². The fourth-order valence-corrected chi connectivity index (χ4v) is 3.27. The van der Waals surface area contributed by atoms with Gasteiger partial charge in [-0.25, -0.2) is 4.79 Å². The van der Waals surface area contributed by atoms with E-state index in [0.717, 1.165) is 32.1 Å². The first-order valence-corrected chi connectivity index (χ1v) is 7.40. The summed E-state index contributed by atoms with van der Waals surface area (Å²) >= 11 is 0. The van der Waals surface area contributed by atoms with Gasteiger partial charge in [-0.2, -0.15) is 0 Å². The number of nitrogens with two attached hydrogens (primary N) is 1. The zero-order valence-electron chi connectivity index (χ0n) is 11.9. The highest BCUT2D eigenvalue weighted by molar-refractivity contribution is 6.07. The van der Waals surface area contributed by atoms with Gasteiger partial charge in [0.25, 0.3) is 5.91 Å². The first-order valence-electron chi connectivity index (χ1n) is 7.40. The second kappa shape index (κ2) is 5.49. The third-order valence-corrected chi connectivity index (χ3v) is 4.66. The minimum absolute atomic E-state index is 0.0234. The lowest BCUT2D eigenvalue weighted by molar-refractivity contribution is -0.134. The van der Waals surface area contributed by atoms with Crippen LogP contribution in [0.15, 0.2) is 0 Å². The molecule has 3 amide bonds. The van der Waals surface area contributed by atoms with Crippen LogP contribution in [0.2, 0.25) is 0 Å². The summed E-state index contributed by atoms with van der Waals surface area (Å²) in [6.45, 7) is 4.70. The van der Waals surface area contributed by atoms with E-state index in [1.807, 2.05) is 6.92 Å². The standard InChI is InChI=1S/C14H25N3O2/c1-3-11(6-9-15)17-12(18)14(16-13(17)19)7-4-10(2)5-8-14/h10-11H,3-9,15H2,1-2H3,(H,16,19). The van der Waals surface area contributed by atoms with Crippen LogP contribution in [0.1, 0.15) is 52.4 Å². The van der Waals surface area contributed by atoms with E-state index in [1.54, 1.807) is 0 Å². The van der Waals surface area contributed by atoms with E-state index in [2.05, 4.69) is 12.2 Å². The van der Waals surface area contributed by atoms with Crippen LogP contribution in [0.3, 0.4) is 0 Å². The summed E-state index contributed by atoms with van der Waals surface area (Å²) in [7, 11) is 0. The number of urea groups is 1. The van der Waals surface area contributed by atoms with E-state index in [9.17, 15) is 9.59 Å². The molecule has 1 heterocycles. The first kappa shape index (κ1) is 14.3. The van der Waals surface area contributed by atoms with Crippen molar-refractivity contribution in [1.29, 1.82) is 0 Å². The summed E-state index contributed by atoms with van der Waals surface area (Å²) in [5.74, 6) is 0.625. The van der Waals surface area contributed by atoms with Crippen molar-refractivity contribution in [3.05, 3.63) is 0 Å². The van der Waals surface area contributed by atoms with Crippen LogP contribution < -0.4 is 11.1 Å². The first-order chi connectivity index (χ1) is 9.04. The molecular weight excluding hydrogens is 242 g/mol. The molecule has 1 atom stereocenters. The largest absolute Gasteiger partial charge is 0.330 e. The quantitative estimate of drug-likeness (QED) is 0.760. The highest BCUT2D eigenvalue weighted by Crippen LogP contribution is 2.37. The smallest absolute Gasteiger partial charge is 0.325 e. The maximum absolute atomic E-state index is 12.7. The summed E-state index contributed by atoms with van der Waals surface area (Å²) < 4.78 is 0. The summed E-state index contributed by atoms with van der Waals surface area (Å²) in [5, 5.41) is 2.96. The number of amides is 3. The number of nitrogens with one attached hydrogen (secondary N) is 1. The Bertz CT molecular complexity index is 362. The summed E-state index contributed by atoms with van der Waals surface area (Å²) in [5.41, 5.74) is 4.96. The molecule has 0 aromatic carbocycles. The summed E-state index contributed by atoms with van der Waals surface area (Å²) in [6.07, 6.45) is 5.01. The lowest BCUT2D eigenvalue weighted by atomic mass is 9.77. The molecule has 1 aliphatic heterocycles. The molecule has 1 spiro atoms. The minimum atomic E-state index is -0.619. The lowest BCUT2D eigenvalue weighted by Gasteiger charge is -2.34. The molecule has 5 nitrogen and oxygen atoms in total. The Balaban J connectivity index is 2.16. The highest BCUT2D eigenvalue weighted by Gasteiger charge is 2.53. The molecular formula is C14H25N3O2. The lowest BCUT2D eigenvalue weighted by Crippen LogP contribution is -2.50. The Kier molecular flexibility index (Phi) is 4.13. The van der Waals surface area contributed by atoms with Gasteiger partial charge in [0.2, 0.25) is 0 Å². The molecule has 0 aromatic rings. The zero-order chi connectivity index (χ0) is 14.0. The van der Waals surface area contributed by atoms with Crippen LogP contribution in [-0.4, -0.2) is 35.0 Å². The van der Waals surface area contributed by atoms with E-state index in [4.69, 9.17) is 5.73 Å². The second-order valence-electron chi connectivity index (χ2n) is 6.01. The molecule has 2 rings (SSSR count). The van der Waals surface area contributed by atoms with Crippen LogP contribution in [0.4, 0.5) is 4.79 Å². The van der Waals surface area contributed by atoms with Crippen molar-refractivity contribution in [3.63, 3.8) is 0 Å². The summed E-state index contributed by atoms with van der Waals surface area (Å²) in [4.78, 5) is 26.3. The molecule has 0 aromatic heterocycles. The summed E-state index contributed by atoms with van der Waals surface area (Å²) in [6, 6.07) is -0.281. The van der Waals surface area contributed by atoms with Crippen LogP contribution in [0.25, 0.3) is 0 Å². The van der Waals surface area contributed by atoms with E-state index in [1.165, 1.54) is 4.90 Å². The molecule has 1 unspecified atom stereocenters. The topological polar surface area (TPSA) is 75.4 Å². The molecule has 5 heteroatoms. The van der Waals surface area contributed by atoms with Gasteiger partial charge < -0.3 is 11.1 Å². The molecule has 0 bridgehead atoms. The molecule has 0 radical (unpaired) electrons. The van der Waals surface area contributed by atoms with Crippen LogP contribution >= 0.6 is 0 Å². The predicted molar refractivity (Wildman–Crippen MR) is 73.5 cm³/mol. The third kappa shape index (κ3) is 2.48. The van der Waals surface area contributed by atoms with Crippen molar-refractivity contribution >= 4 is 11.9 Å². The minimum Gasteiger partial charge on any atom is -0.330 e. The molecule has 108 valence electrons. The van der Waals surface area contributed by atoms with E-state index >= 15 is 0 Å². The molecule has 1 aliphatic carbocycles. The molecule has 19 heavy (non-hydrogen) atoms. The fraction of sp³-hybridized carbons (Fsp3) is 0.857. The molecule has 3 N–H and O–H groups in total. The highest BCUT2D eigenvalue weighted by atomic mass is 16.2. The average Bonchev–Trinajstić information content (AvgIpc) is 2.63. The Morgan fingerprint density at radius 1 is 1.42 bits per heavy atom. The Morgan fingerprint density at radius 3 is 2.58 bits per heavy atom. The average molecular weight is 267 g/mol. The molecule has 2 fully saturated rings. The number of nitrogens with zero attached hydrogens (tertiary/aromatic N) is 1. The SMILES string of the molecule is CCC(CCN)N1C(=O)NC2(CCC(C)CC2)C1=O. The van der Waals surface area contributed by atoms with Crippen molar-refractivity contribution in [3.8, 4) is 0 Å². The van der Waals surface area contributed by atoms with Crippen molar-refractivity contribution in [2.24, 2.45) is 11.7 Å². The molecule has 1 saturated carbocycles. The number of hydrogen-bond donors (Lipinski definition) is 2. The van der Waals surface area contributed by atoms with Gasteiger partial charge in [-0.1, -0.05) is 13.8 Å². The fourth-order valence-electron chi connectivity index (χ4n) is 3.27. The number of imide groups is 1. The van der Waals surface area contributed by atoms with Gasteiger partial charge in [0, 0.05) is 6.04 Å². The Morgan fingerprint density at radius 2 is 2.05 bits per heavy atom. The predicted octanol–water partition coefficient (Wildman–Crippen LogP) is 1.61. The van der Waals surface area contributed by atoms with Gasteiger partial charge in [-0.3, -0.25) is 9.69 Å². The Labute approximate surface area is 114 Å². The third-order valence-electron chi connectivity index (χ3n) is 4.66. The number of carbonyl (C=O) groups excluding carboxylic acids is 2. The van der Waals surface area contributed by atoms with Crippen molar-refractivity contribution < 1.29 is 9.59 Å². The van der Waals surface area contributed by atoms with Crippen molar-refractivity contribution in [2.45, 2.75) is 64.0 Å². The number of rotatable bonds is 4. The van der Waals surface area contributed by atoms with Crippen molar-refractivity contribution in [1.82, 2.24) is 10.2 Å². The number of carbonyl (C=O) groups is 2. The normalized spacial score (nSPS) is 32.8. The van der Waals surface area contributed by atoms with Crippen LogP contribution in [0, 0.1) is 5.92 Å². The zero-order valence-corrected chi connectivity index (χ0v) is 11.9. The van der Waals surface area contributed by atoms with Gasteiger partial charge in [0.1, 0.15) is 5.54 Å².